The number of carbonyl (C=O) groups excluding carboxylic acids is 1. The Morgan fingerprint density at radius 3 is 2.70 bits per heavy atom. The van der Waals surface area contributed by atoms with Crippen LogP contribution in [0.15, 0.2) is 42.6 Å². The van der Waals surface area contributed by atoms with Crippen LogP contribution in [0, 0.1) is 0 Å². The normalized spacial score (nSPS) is 12.2. The van der Waals surface area contributed by atoms with Crippen LogP contribution in [0.2, 0.25) is 0 Å². The van der Waals surface area contributed by atoms with Gasteiger partial charge < -0.3 is 20.8 Å². The summed E-state index contributed by atoms with van der Waals surface area (Å²) < 4.78 is 0. The van der Waals surface area contributed by atoms with Gasteiger partial charge in [-0.3, -0.25) is 9.78 Å². The molecular formula is C17H21N3O3. The summed E-state index contributed by atoms with van der Waals surface area (Å²) in [6.07, 6.45) is 0.788. The number of phenols is 1. The SMILES string of the molecule is CC(C)NCC(O)c1ccc(O)c(NC(=O)c2ccccn2)c1. The summed E-state index contributed by atoms with van der Waals surface area (Å²) in [5, 5.41) is 25.8. The molecule has 2 aromatic rings. The Morgan fingerprint density at radius 2 is 2.04 bits per heavy atom. The van der Waals surface area contributed by atoms with E-state index in [0.29, 0.717) is 12.1 Å². The molecule has 1 atom stereocenters. The summed E-state index contributed by atoms with van der Waals surface area (Å²) >= 11 is 0. The van der Waals surface area contributed by atoms with Crippen LogP contribution in [0.3, 0.4) is 0 Å². The minimum absolute atomic E-state index is 0.0675. The summed E-state index contributed by atoms with van der Waals surface area (Å²) in [5.41, 5.74) is 1.09. The molecular weight excluding hydrogens is 294 g/mol. The van der Waals surface area contributed by atoms with Gasteiger partial charge in [0.25, 0.3) is 5.91 Å². The van der Waals surface area contributed by atoms with Gasteiger partial charge in [0.05, 0.1) is 11.8 Å². The summed E-state index contributed by atoms with van der Waals surface area (Å²) in [7, 11) is 0. The van der Waals surface area contributed by atoms with Crippen LogP contribution < -0.4 is 10.6 Å². The number of nitrogens with one attached hydrogen (secondary N) is 2. The predicted molar refractivity (Wildman–Crippen MR) is 88.4 cm³/mol. The first-order chi connectivity index (χ1) is 11.0. The number of rotatable bonds is 6. The summed E-state index contributed by atoms with van der Waals surface area (Å²) in [5.74, 6) is -0.491. The van der Waals surface area contributed by atoms with E-state index in [9.17, 15) is 15.0 Å². The van der Waals surface area contributed by atoms with Gasteiger partial charge in [-0.25, -0.2) is 0 Å². The molecule has 6 nitrogen and oxygen atoms in total. The number of benzene rings is 1. The highest BCUT2D eigenvalue weighted by Gasteiger charge is 2.14. The lowest BCUT2D eigenvalue weighted by Gasteiger charge is -2.16. The number of hydrogen-bond acceptors (Lipinski definition) is 5. The molecule has 1 unspecified atom stereocenters. The van der Waals surface area contributed by atoms with Crippen molar-refractivity contribution < 1.29 is 15.0 Å². The van der Waals surface area contributed by atoms with Gasteiger partial charge >= 0.3 is 0 Å². The van der Waals surface area contributed by atoms with Crippen molar-refractivity contribution in [1.82, 2.24) is 10.3 Å². The third-order valence-corrected chi connectivity index (χ3v) is 3.27. The zero-order valence-electron chi connectivity index (χ0n) is 13.2. The van der Waals surface area contributed by atoms with E-state index in [1.165, 1.54) is 12.3 Å². The Hall–Kier alpha value is -2.44. The summed E-state index contributed by atoms with van der Waals surface area (Å²) in [4.78, 5) is 16.1. The largest absolute Gasteiger partial charge is 0.506 e. The average Bonchev–Trinajstić information content (AvgIpc) is 2.55. The lowest BCUT2D eigenvalue weighted by Crippen LogP contribution is -2.27. The maximum Gasteiger partial charge on any atom is 0.274 e. The van der Waals surface area contributed by atoms with Crippen molar-refractivity contribution >= 4 is 11.6 Å². The molecule has 1 aromatic heterocycles. The average molecular weight is 315 g/mol. The maximum atomic E-state index is 12.1. The van der Waals surface area contributed by atoms with Crippen molar-refractivity contribution in [1.29, 1.82) is 0 Å². The van der Waals surface area contributed by atoms with E-state index in [4.69, 9.17) is 0 Å². The van der Waals surface area contributed by atoms with E-state index in [1.54, 1.807) is 30.3 Å². The molecule has 0 fully saturated rings. The highest BCUT2D eigenvalue weighted by atomic mass is 16.3. The molecule has 0 aliphatic carbocycles. The van der Waals surface area contributed by atoms with Gasteiger partial charge in [-0.15, -0.1) is 0 Å². The van der Waals surface area contributed by atoms with Crippen LogP contribution >= 0.6 is 0 Å². The third-order valence-electron chi connectivity index (χ3n) is 3.27. The van der Waals surface area contributed by atoms with E-state index >= 15 is 0 Å². The second kappa shape index (κ2) is 7.71. The molecule has 1 aromatic carbocycles. The number of aliphatic hydroxyl groups is 1. The number of carbonyl (C=O) groups is 1. The first kappa shape index (κ1) is 16.9. The lowest BCUT2D eigenvalue weighted by molar-refractivity contribution is 0.102. The van der Waals surface area contributed by atoms with E-state index in [1.807, 2.05) is 13.8 Å². The molecule has 2 rings (SSSR count). The van der Waals surface area contributed by atoms with E-state index in [2.05, 4.69) is 15.6 Å². The molecule has 0 aliphatic rings. The maximum absolute atomic E-state index is 12.1. The van der Waals surface area contributed by atoms with E-state index in [-0.39, 0.29) is 23.2 Å². The Balaban J connectivity index is 2.13. The molecule has 23 heavy (non-hydrogen) atoms. The fourth-order valence-electron chi connectivity index (χ4n) is 2.01. The number of aromatic nitrogens is 1. The van der Waals surface area contributed by atoms with Crippen LogP contribution in [0.4, 0.5) is 5.69 Å². The number of hydrogen-bond donors (Lipinski definition) is 4. The molecule has 6 heteroatoms. The second-order valence-electron chi connectivity index (χ2n) is 5.52. The quantitative estimate of drug-likeness (QED) is 0.612. The topological polar surface area (TPSA) is 94.5 Å². The second-order valence-corrected chi connectivity index (χ2v) is 5.52. The molecule has 0 saturated carbocycles. The molecule has 0 radical (unpaired) electrons. The Morgan fingerprint density at radius 1 is 1.26 bits per heavy atom. The number of aliphatic hydroxyl groups excluding tert-OH is 1. The van der Waals surface area contributed by atoms with Crippen LogP contribution in [0.25, 0.3) is 0 Å². The summed E-state index contributed by atoms with van der Waals surface area (Å²) in [6, 6.07) is 9.89. The fraction of sp³-hybridized carbons (Fsp3) is 0.294. The van der Waals surface area contributed by atoms with Crippen molar-refractivity contribution in [2.24, 2.45) is 0 Å². The standard InChI is InChI=1S/C17H21N3O3/c1-11(2)19-10-16(22)12-6-7-15(21)14(9-12)20-17(23)13-5-3-4-8-18-13/h3-9,11,16,19,21-22H,10H2,1-2H3,(H,20,23). The molecule has 0 aliphatic heterocycles. The van der Waals surface area contributed by atoms with Gasteiger partial charge in [0.15, 0.2) is 0 Å². The van der Waals surface area contributed by atoms with Gasteiger partial charge in [0, 0.05) is 18.8 Å². The molecule has 122 valence electrons. The molecule has 0 saturated heterocycles. The number of phenolic OH excluding ortho intramolecular Hbond substituents is 1. The Labute approximate surface area is 135 Å². The monoisotopic (exact) mass is 315 g/mol. The number of anilines is 1. The number of amides is 1. The number of nitrogens with zero attached hydrogens (tertiary/aromatic N) is 1. The lowest BCUT2D eigenvalue weighted by atomic mass is 10.1. The van der Waals surface area contributed by atoms with Gasteiger partial charge in [-0.05, 0) is 29.8 Å². The van der Waals surface area contributed by atoms with Gasteiger partial charge in [-0.2, -0.15) is 0 Å². The first-order valence-corrected chi connectivity index (χ1v) is 7.44. The molecule has 1 amide bonds. The highest BCUT2D eigenvalue weighted by molar-refractivity contribution is 6.03. The van der Waals surface area contributed by atoms with Gasteiger partial charge in [0.2, 0.25) is 0 Å². The zero-order chi connectivity index (χ0) is 16.8. The van der Waals surface area contributed by atoms with Crippen molar-refractivity contribution in [3.8, 4) is 5.75 Å². The van der Waals surface area contributed by atoms with E-state index in [0.717, 1.165) is 0 Å². The van der Waals surface area contributed by atoms with Crippen molar-refractivity contribution in [3.63, 3.8) is 0 Å². The zero-order valence-corrected chi connectivity index (χ0v) is 13.2. The first-order valence-electron chi connectivity index (χ1n) is 7.44. The smallest absolute Gasteiger partial charge is 0.274 e. The minimum atomic E-state index is -0.733. The van der Waals surface area contributed by atoms with Crippen LogP contribution in [-0.2, 0) is 0 Å². The van der Waals surface area contributed by atoms with Crippen molar-refractivity contribution in [2.75, 3.05) is 11.9 Å². The van der Waals surface area contributed by atoms with E-state index < -0.39 is 12.0 Å². The Kier molecular flexibility index (Phi) is 5.67. The van der Waals surface area contributed by atoms with Crippen molar-refractivity contribution in [2.45, 2.75) is 26.0 Å². The molecule has 4 N–H and O–H groups in total. The van der Waals surface area contributed by atoms with Gasteiger partial charge in [-0.1, -0.05) is 26.0 Å². The van der Waals surface area contributed by atoms with Crippen LogP contribution in [0.5, 0.6) is 5.75 Å². The molecule has 0 bridgehead atoms. The molecule has 0 spiro atoms. The predicted octanol–water partition coefficient (Wildman–Crippen LogP) is 2.07. The number of aromatic hydroxyl groups is 1. The van der Waals surface area contributed by atoms with Crippen LogP contribution in [-0.4, -0.2) is 33.7 Å². The third kappa shape index (κ3) is 4.77. The van der Waals surface area contributed by atoms with Gasteiger partial charge in [0.1, 0.15) is 11.4 Å². The van der Waals surface area contributed by atoms with Crippen LogP contribution in [0.1, 0.15) is 36.0 Å². The summed E-state index contributed by atoms with van der Waals surface area (Å²) in [6.45, 7) is 4.36. The fourth-order valence-corrected chi connectivity index (χ4v) is 2.01. The number of pyridine rings is 1. The minimum Gasteiger partial charge on any atom is -0.506 e. The van der Waals surface area contributed by atoms with Crippen molar-refractivity contribution in [3.05, 3.63) is 53.9 Å². The Bertz CT molecular complexity index is 659. The molecule has 1 heterocycles. The highest BCUT2D eigenvalue weighted by Crippen LogP contribution is 2.27.